The van der Waals surface area contributed by atoms with Crippen molar-refractivity contribution >= 4 is 5.91 Å². The van der Waals surface area contributed by atoms with Gasteiger partial charge in [0.15, 0.2) is 0 Å². The van der Waals surface area contributed by atoms with Gasteiger partial charge in [-0.2, -0.15) is 0 Å². The van der Waals surface area contributed by atoms with Crippen LogP contribution in [-0.2, 0) is 6.42 Å². The summed E-state index contributed by atoms with van der Waals surface area (Å²) < 4.78 is 10.9. The number of fused-ring (bicyclic) bond motifs is 1. The summed E-state index contributed by atoms with van der Waals surface area (Å²) in [6.07, 6.45) is 2.09. The van der Waals surface area contributed by atoms with Crippen molar-refractivity contribution in [1.29, 1.82) is 0 Å². The minimum Gasteiger partial charge on any atom is -0.497 e. The summed E-state index contributed by atoms with van der Waals surface area (Å²) in [5.74, 6) is 1.77. The Hall–Kier alpha value is -2.83. The van der Waals surface area contributed by atoms with E-state index in [2.05, 4.69) is 15.3 Å². The molecule has 0 fully saturated rings. The Labute approximate surface area is 139 Å². The van der Waals surface area contributed by atoms with Crippen LogP contribution in [0.1, 0.15) is 21.7 Å². The van der Waals surface area contributed by atoms with E-state index in [0.29, 0.717) is 19.0 Å². The SMILES string of the molecule is COc1ccc2c(c1)OC[C@H](CNC(=O)c1cnc(C)[nH]c1=O)C2. The van der Waals surface area contributed by atoms with Gasteiger partial charge in [0.2, 0.25) is 0 Å². The molecule has 2 heterocycles. The van der Waals surface area contributed by atoms with Gasteiger partial charge >= 0.3 is 0 Å². The molecule has 24 heavy (non-hydrogen) atoms. The predicted octanol–water partition coefficient (Wildman–Crippen LogP) is 1.07. The maximum Gasteiger partial charge on any atom is 0.263 e. The molecule has 1 aromatic heterocycles. The van der Waals surface area contributed by atoms with Crippen molar-refractivity contribution < 1.29 is 14.3 Å². The first-order valence-corrected chi connectivity index (χ1v) is 7.70. The average molecular weight is 329 g/mol. The molecule has 3 rings (SSSR count). The van der Waals surface area contributed by atoms with Gasteiger partial charge in [0.1, 0.15) is 22.9 Å². The third kappa shape index (κ3) is 3.40. The van der Waals surface area contributed by atoms with E-state index in [1.54, 1.807) is 14.0 Å². The maximum atomic E-state index is 12.1. The molecular formula is C17H19N3O4. The van der Waals surface area contributed by atoms with E-state index in [1.165, 1.54) is 6.20 Å². The van der Waals surface area contributed by atoms with E-state index in [4.69, 9.17) is 9.47 Å². The standard InChI is InChI=1S/C17H19N3O4/c1-10-18-8-14(17(22)20-10)16(21)19-7-11-5-12-3-4-13(23-2)6-15(12)24-9-11/h3-4,6,8,11H,5,7,9H2,1-2H3,(H,19,21)(H,18,20,22)/t11-/m0/s1. The number of hydrogen-bond acceptors (Lipinski definition) is 5. The molecule has 0 spiro atoms. The summed E-state index contributed by atoms with van der Waals surface area (Å²) in [6, 6.07) is 5.72. The van der Waals surface area contributed by atoms with Crippen molar-refractivity contribution in [2.75, 3.05) is 20.3 Å². The smallest absolute Gasteiger partial charge is 0.263 e. The number of methoxy groups -OCH3 is 1. The first-order valence-electron chi connectivity index (χ1n) is 7.70. The highest BCUT2D eigenvalue weighted by molar-refractivity contribution is 5.93. The molecule has 0 bridgehead atoms. The second kappa shape index (κ2) is 6.74. The Morgan fingerprint density at radius 3 is 3.08 bits per heavy atom. The van der Waals surface area contributed by atoms with Crippen molar-refractivity contribution in [2.45, 2.75) is 13.3 Å². The highest BCUT2D eigenvalue weighted by Crippen LogP contribution is 2.30. The van der Waals surface area contributed by atoms with Crippen molar-refractivity contribution in [1.82, 2.24) is 15.3 Å². The minimum atomic E-state index is -0.433. The number of aryl methyl sites for hydroxylation is 1. The van der Waals surface area contributed by atoms with Gasteiger partial charge < -0.3 is 19.8 Å². The Kier molecular flexibility index (Phi) is 4.50. The number of hydrogen-bond donors (Lipinski definition) is 2. The number of H-pyrrole nitrogens is 1. The molecule has 7 heteroatoms. The fourth-order valence-electron chi connectivity index (χ4n) is 2.65. The molecule has 1 aliphatic heterocycles. The number of ether oxygens (including phenoxy) is 2. The molecule has 2 aromatic rings. The Balaban J connectivity index is 1.61. The molecule has 0 unspecified atom stereocenters. The number of benzene rings is 1. The van der Waals surface area contributed by atoms with E-state index in [9.17, 15) is 9.59 Å². The first kappa shape index (κ1) is 16.0. The molecule has 0 saturated heterocycles. The molecule has 1 aromatic carbocycles. The topological polar surface area (TPSA) is 93.3 Å². The van der Waals surface area contributed by atoms with Gasteiger partial charge in [-0.1, -0.05) is 6.07 Å². The normalized spacial score (nSPS) is 16.0. The van der Waals surface area contributed by atoms with Gasteiger partial charge in [0.05, 0.1) is 13.7 Å². The maximum absolute atomic E-state index is 12.1. The second-order valence-corrected chi connectivity index (χ2v) is 5.78. The molecule has 1 atom stereocenters. The second-order valence-electron chi connectivity index (χ2n) is 5.78. The minimum absolute atomic E-state index is 0.0162. The van der Waals surface area contributed by atoms with Crippen molar-refractivity contribution in [3.8, 4) is 11.5 Å². The van der Waals surface area contributed by atoms with Gasteiger partial charge in [0, 0.05) is 24.7 Å². The molecule has 0 aliphatic carbocycles. The van der Waals surface area contributed by atoms with Crippen LogP contribution < -0.4 is 20.3 Å². The van der Waals surface area contributed by atoms with E-state index < -0.39 is 11.5 Å². The number of aromatic nitrogens is 2. The highest BCUT2D eigenvalue weighted by Gasteiger charge is 2.21. The molecule has 2 N–H and O–H groups in total. The number of carbonyl (C=O) groups is 1. The lowest BCUT2D eigenvalue weighted by molar-refractivity contribution is 0.0937. The summed E-state index contributed by atoms with van der Waals surface area (Å²) in [5.41, 5.74) is 0.663. The molecule has 0 saturated carbocycles. The van der Waals surface area contributed by atoms with Crippen LogP contribution in [0.2, 0.25) is 0 Å². The molecular weight excluding hydrogens is 310 g/mol. The van der Waals surface area contributed by atoms with Gasteiger partial charge in [0.25, 0.3) is 11.5 Å². The first-order chi connectivity index (χ1) is 11.6. The number of amides is 1. The molecule has 126 valence electrons. The number of carbonyl (C=O) groups excluding carboxylic acids is 1. The monoisotopic (exact) mass is 329 g/mol. The Morgan fingerprint density at radius 1 is 1.50 bits per heavy atom. The quantitative estimate of drug-likeness (QED) is 0.875. The Morgan fingerprint density at radius 2 is 2.33 bits per heavy atom. The zero-order chi connectivity index (χ0) is 17.1. The Bertz CT molecular complexity index is 816. The lowest BCUT2D eigenvalue weighted by atomic mass is 9.96. The largest absolute Gasteiger partial charge is 0.497 e. The molecule has 7 nitrogen and oxygen atoms in total. The van der Waals surface area contributed by atoms with E-state index in [-0.39, 0.29) is 11.5 Å². The summed E-state index contributed by atoms with van der Waals surface area (Å²) in [6.45, 7) is 2.59. The summed E-state index contributed by atoms with van der Waals surface area (Å²) >= 11 is 0. The third-order valence-corrected chi connectivity index (χ3v) is 3.98. The van der Waals surface area contributed by atoms with Crippen LogP contribution in [0.5, 0.6) is 11.5 Å². The van der Waals surface area contributed by atoms with E-state index in [0.717, 1.165) is 23.5 Å². The molecule has 1 aliphatic rings. The van der Waals surface area contributed by atoms with Crippen LogP contribution in [0.15, 0.2) is 29.2 Å². The van der Waals surface area contributed by atoms with Crippen LogP contribution in [0.4, 0.5) is 0 Å². The molecule has 0 radical (unpaired) electrons. The third-order valence-electron chi connectivity index (χ3n) is 3.98. The van der Waals surface area contributed by atoms with Gasteiger partial charge in [-0.05, 0) is 25.0 Å². The van der Waals surface area contributed by atoms with Crippen molar-refractivity contribution in [3.05, 3.63) is 51.7 Å². The zero-order valence-electron chi connectivity index (χ0n) is 13.6. The van der Waals surface area contributed by atoms with Gasteiger partial charge in [-0.3, -0.25) is 9.59 Å². The summed E-state index contributed by atoms with van der Waals surface area (Å²) in [5, 5.41) is 2.78. The fraction of sp³-hybridized carbons (Fsp3) is 0.353. The van der Waals surface area contributed by atoms with Crippen LogP contribution in [-0.4, -0.2) is 36.1 Å². The summed E-state index contributed by atoms with van der Waals surface area (Å²) in [7, 11) is 1.62. The lowest BCUT2D eigenvalue weighted by Crippen LogP contribution is -2.37. The van der Waals surface area contributed by atoms with Crippen LogP contribution in [0.3, 0.4) is 0 Å². The van der Waals surface area contributed by atoms with Crippen LogP contribution in [0, 0.1) is 12.8 Å². The molecule has 1 amide bonds. The highest BCUT2D eigenvalue weighted by atomic mass is 16.5. The predicted molar refractivity (Wildman–Crippen MR) is 87.6 cm³/mol. The van der Waals surface area contributed by atoms with Gasteiger partial charge in [-0.25, -0.2) is 4.98 Å². The van der Waals surface area contributed by atoms with E-state index in [1.807, 2.05) is 18.2 Å². The number of rotatable bonds is 4. The van der Waals surface area contributed by atoms with Crippen LogP contribution >= 0.6 is 0 Å². The number of nitrogens with one attached hydrogen (secondary N) is 2. The van der Waals surface area contributed by atoms with Gasteiger partial charge in [-0.15, -0.1) is 0 Å². The van der Waals surface area contributed by atoms with Crippen molar-refractivity contribution in [3.63, 3.8) is 0 Å². The fourth-order valence-corrected chi connectivity index (χ4v) is 2.65. The lowest BCUT2D eigenvalue weighted by Gasteiger charge is -2.25. The average Bonchev–Trinajstić information content (AvgIpc) is 2.59. The van der Waals surface area contributed by atoms with Crippen LogP contribution in [0.25, 0.3) is 0 Å². The zero-order valence-corrected chi connectivity index (χ0v) is 13.6. The number of aromatic amines is 1. The van der Waals surface area contributed by atoms with E-state index >= 15 is 0 Å². The number of nitrogens with zero attached hydrogens (tertiary/aromatic N) is 1. The summed E-state index contributed by atoms with van der Waals surface area (Å²) in [4.78, 5) is 30.4. The van der Waals surface area contributed by atoms with Crippen molar-refractivity contribution in [2.24, 2.45) is 5.92 Å².